The summed E-state index contributed by atoms with van der Waals surface area (Å²) < 4.78 is 16.4. The first-order chi connectivity index (χ1) is 15.2. The lowest BCUT2D eigenvalue weighted by Gasteiger charge is -2.24. The molecule has 0 saturated carbocycles. The number of benzene rings is 1. The van der Waals surface area contributed by atoms with E-state index in [4.69, 9.17) is 0 Å². The summed E-state index contributed by atoms with van der Waals surface area (Å²) in [6, 6.07) is 10.0. The van der Waals surface area contributed by atoms with Crippen molar-refractivity contribution in [3.8, 4) is 11.4 Å². The Kier molecular flexibility index (Phi) is 4.37. The van der Waals surface area contributed by atoms with Crippen molar-refractivity contribution in [2.75, 3.05) is 5.32 Å². The third kappa shape index (κ3) is 3.23. The van der Waals surface area contributed by atoms with Crippen LogP contribution in [-0.4, -0.2) is 35.6 Å². The van der Waals surface area contributed by atoms with Crippen molar-refractivity contribution in [2.45, 2.75) is 25.3 Å². The zero-order chi connectivity index (χ0) is 20.9. The summed E-state index contributed by atoms with van der Waals surface area (Å²) in [6.45, 7) is 0. The number of para-hydroxylation sites is 1. The first-order valence-corrected chi connectivity index (χ1v) is 11.1. The maximum absolute atomic E-state index is 13.7. The Labute approximate surface area is 190 Å². The minimum absolute atomic E-state index is 0.199. The van der Waals surface area contributed by atoms with Crippen LogP contribution < -0.4 is 5.32 Å². The predicted octanol–water partition coefficient (Wildman–Crippen LogP) is 4.38. The first kappa shape index (κ1) is 18.7. The van der Waals surface area contributed by atoms with Gasteiger partial charge in [-0.25, -0.2) is 9.37 Å². The van der Waals surface area contributed by atoms with Crippen LogP contribution in [0.3, 0.4) is 0 Å². The van der Waals surface area contributed by atoms with Crippen molar-refractivity contribution < 1.29 is 4.39 Å². The molecule has 9 heteroatoms. The molecule has 1 atom stereocenters. The third-order valence-corrected chi connectivity index (χ3v) is 6.48. The van der Waals surface area contributed by atoms with Crippen LogP contribution in [0.1, 0.15) is 17.7 Å². The van der Waals surface area contributed by atoms with E-state index in [2.05, 4.69) is 77.2 Å². The van der Waals surface area contributed by atoms with Crippen LogP contribution >= 0.6 is 22.6 Å². The fourth-order valence-electron chi connectivity index (χ4n) is 4.28. The van der Waals surface area contributed by atoms with E-state index in [1.165, 1.54) is 34.4 Å². The summed E-state index contributed by atoms with van der Waals surface area (Å²) >= 11 is 2.20. The molecule has 0 spiro atoms. The van der Waals surface area contributed by atoms with Gasteiger partial charge in [-0.2, -0.15) is 14.6 Å². The summed E-state index contributed by atoms with van der Waals surface area (Å²) in [4.78, 5) is 16.8. The molecule has 0 fully saturated rings. The van der Waals surface area contributed by atoms with Gasteiger partial charge in [-0.1, -0.05) is 18.2 Å². The quantitative estimate of drug-likeness (QED) is 0.342. The SMILES string of the molecule is Fc1cncc(-c2nc(N[C@@H]3CCc4[nH]c5ccccc5c4C3)n3ncc(I)c3n2)c1. The van der Waals surface area contributed by atoms with Gasteiger partial charge in [0.1, 0.15) is 5.82 Å². The number of nitrogens with one attached hydrogen (secondary N) is 2. The van der Waals surface area contributed by atoms with Gasteiger partial charge < -0.3 is 10.3 Å². The Hall–Kier alpha value is -3.08. The fraction of sp³-hybridized carbons (Fsp3) is 0.182. The number of hydrogen-bond donors (Lipinski definition) is 2. The highest BCUT2D eigenvalue weighted by molar-refractivity contribution is 14.1. The maximum atomic E-state index is 13.7. The van der Waals surface area contributed by atoms with E-state index in [0.29, 0.717) is 23.0 Å². The number of aromatic nitrogens is 6. The fourth-order valence-corrected chi connectivity index (χ4v) is 4.76. The van der Waals surface area contributed by atoms with Crippen LogP contribution in [0.2, 0.25) is 0 Å². The van der Waals surface area contributed by atoms with Crippen molar-refractivity contribution in [2.24, 2.45) is 0 Å². The molecule has 2 N–H and O–H groups in total. The molecule has 6 rings (SSSR count). The second kappa shape index (κ2) is 7.26. The standard InChI is InChI=1S/C22H17FIN7/c23-13-7-12(9-25-10-13)20-29-21-17(24)11-26-31(21)22(30-20)27-14-5-6-19-16(8-14)15-3-1-2-4-18(15)28-19/h1-4,7,9-11,14,28H,5-6,8H2,(H,27,29,30)/t14-/m1/s1. The molecule has 5 aromatic rings. The Balaban J connectivity index is 1.39. The molecule has 0 saturated heterocycles. The van der Waals surface area contributed by atoms with Crippen molar-refractivity contribution in [1.29, 1.82) is 0 Å². The van der Waals surface area contributed by atoms with Gasteiger partial charge in [-0.05, 0) is 59.5 Å². The highest BCUT2D eigenvalue weighted by Gasteiger charge is 2.24. The molecule has 4 heterocycles. The number of halogens is 2. The van der Waals surface area contributed by atoms with Gasteiger partial charge in [0.05, 0.1) is 16.0 Å². The molecule has 4 aromatic heterocycles. The van der Waals surface area contributed by atoms with Gasteiger partial charge in [0.25, 0.3) is 0 Å². The van der Waals surface area contributed by atoms with E-state index in [-0.39, 0.29) is 6.04 Å². The number of anilines is 1. The average molecular weight is 525 g/mol. The molecule has 0 aliphatic heterocycles. The minimum atomic E-state index is -0.419. The van der Waals surface area contributed by atoms with Crippen molar-refractivity contribution in [1.82, 2.24) is 29.5 Å². The molecule has 1 aromatic carbocycles. The Bertz CT molecular complexity index is 1440. The van der Waals surface area contributed by atoms with Gasteiger partial charge in [-0.3, -0.25) is 4.98 Å². The number of H-pyrrole nitrogens is 1. The normalized spacial score (nSPS) is 16.0. The smallest absolute Gasteiger partial charge is 0.228 e. The Morgan fingerprint density at radius 1 is 1.16 bits per heavy atom. The number of nitrogens with zero attached hydrogens (tertiary/aromatic N) is 5. The molecule has 0 amide bonds. The number of aromatic amines is 1. The second-order valence-electron chi connectivity index (χ2n) is 7.70. The van der Waals surface area contributed by atoms with Crippen LogP contribution in [0.4, 0.5) is 10.3 Å². The zero-order valence-electron chi connectivity index (χ0n) is 16.3. The lowest BCUT2D eigenvalue weighted by Crippen LogP contribution is -2.29. The predicted molar refractivity (Wildman–Crippen MR) is 124 cm³/mol. The number of hydrogen-bond acceptors (Lipinski definition) is 5. The van der Waals surface area contributed by atoms with Crippen molar-refractivity contribution in [3.63, 3.8) is 0 Å². The number of rotatable bonds is 3. The number of pyridine rings is 1. The molecular formula is C22H17FIN7. The number of aryl methyl sites for hydroxylation is 1. The Morgan fingerprint density at radius 3 is 2.97 bits per heavy atom. The van der Waals surface area contributed by atoms with Gasteiger partial charge in [0.2, 0.25) is 5.95 Å². The van der Waals surface area contributed by atoms with Crippen LogP contribution in [0.5, 0.6) is 0 Å². The molecule has 1 aliphatic carbocycles. The molecule has 154 valence electrons. The lowest BCUT2D eigenvalue weighted by atomic mass is 9.91. The van der Waals surface area contributed by atoms with Crippen LogP contribution in [0.25, 0.3) is 27.9 Å². The summed E-state index contributed by atoms with van der Waals surface area (Å²) in [5.74, 6) is 0.599. The summed E-state index contributed by atoms with van der Waals surface area (Å²) in [7, 11) is 0. The molecular weight excluding hydrogens is 508 g/mol. The Morgan fingerprint density at radius 2 is 2.06 bits per heavy atom. The van der Waals surface area contributed by atoms with Crippen LogP contribution in [0, 0.1) is 9.39 Å². The number of fused-ring (bicyclic) bond motifs is 4. The summed E-state index contributed by atoms with van der Waals surface area (Å²) in [6.07, 6.45) is 7.32. The van der Waals surface area contributed by atoms with Gasteiger partial charge in [0.15, 0.2) is 11.5 Å². The molecule has 1 aliphatic rings. The van der Waals surface area contributed by atoms with Gasteiger partial charge >= 0.3 is 0 Å². The van der Waals surface area contributed by atoms with Crippen LogP contribution in [-0.2, 0) is 12.8 Å². The van der Waals surface area contributed by atoms with Crippen LogP contribution in [0.15, 0.2) is 48.9 Å². The topological polar surface area (TPSA) is 83.8 Å². The molecule has 0 radical (unpaired) electrons. The molecule has 0 unspecified atom stereocenters. The molecule has 31 heavy (non-hydrogen) atoms. The van der Waals surface area contributed by atoms with Crippen molar-refractivity contribution >= 4 is 45.1 Å². The monoisotopic (exact) mass is 525 g/mol. The summed E-state index contributed by atoms with van der Waals surface area (Å²) in [5.41, 5.74) is 5.06. The second-order valence-corrected chi connectivity index (χ2v) is 8.86. The highest BCUT2D eigenvalue weighted by atomic mass is 127. The molecule has 7 nitrogen and oxygen atoms in total. The van der Waals surface area contributed by atoms with Gasteiger partial charge in [0, 0.05) is 34.4 Å². The van der Waals surface area contributed by atoms with E-state index in [1.807, 2.05) is 0 Å². The zero-order valence-corrected chi connectivity index (χ0v) is 18.5. The first-order valence-electron chi connectivity index (χ1n) is 10.0. The third-order valence-electron chi connectivity index (χ3n) is 5.72. The van der Waals surface area contributed by atoms with E-state index in [0.717, 1.165) is 22.8 Å². The highest BCUT2D eigenvalue weighted by Crippen LogP contribution is 2.30. The van der Waals surface area contributed by atoms with E-state index >= 15 is 0 Å². The van der Waals surface area contributed by atoms with E-state index in [1.54, 1.807) is 16.9 Å². The van der Waals surface area contributed by atoms with E-state index in [9.17, 15) is 4.39 Å². The van der Waals surface area contributed by atoms with Gasteiger partial charge in [-0.15, -0.1) is 0 Å². The average Bonchev–Trinajstić information content (AvgIpc) is 3.34. The summed E-state index contributed by atoms with van der Waals surface area (Å²) in [5, 5.41) is 9.30. The minimum Gasteiger partial charge on any atom is -0.358 e. The maximum Gasteiger partial charge on any atom is 0.228 e. The van der Waals surface area contributed by atoms with Crippen molar-refractivity contribution in [3.05, 3.63) is 69.6 Å². The van der Waals surface area contributed by atoms with E-state index < -0.39 is 5.82 Å². The largest absolute Gasteiger partial charge is 0.358 e. The molecule has 0 bridgehead atoms. The lowest BCUT2D eigenvalue weighted by molar-refractivity contribution is 0.599.